The van der Waals surface area contributed by atoms with E-state index in [1.165, 1.54) is 5.56 Å². The Morgan fingerprint density at radius 1 is 1.62 bits per heavy atom. The Hall–Kier alpha value is -1.80. The van der Waals surface area contributed by atoms with Gasteiger partial charge in [-0.05, 0) is 29.3 Å². The van der Waals surface area contributed by atoms with E-state index >= 15 is 0 Å². The van der Waals surface area contributed by atoms with Crippen molar-refractivity contribution in [2.75, 3.05) is 5.32 Å². The third kappa shape index (κ3) is 1.92. The van der Waals surface area contributed by atoms with Crippen molar-refractivity contribution in [2.45, 2.75) is 13.5 Å². The molecule has 0 aliphatic heterocycles. The Morgan fingerprint density at radius 2 is 2.44 bits per heavy atom. The van der Waals surface area contributed by atoms with Gasteiger partial charge in [-0.2, -0.15) is 21.7 Å². The number of aromatic nitrogens is 2. The van der Waals surface area contributed by atoms with Gasteiger partial charge in [0.25, 0.3) is 0 Å². The highest BCUT2D eigenvalue weighted by atomic mass is 32.1. The number of nitrogens with one attached hydrogen (secondary N) is 1. The summed E-state index contributed by atoms with van der Waals surface area (Å²) in [5.74, 6) is 0.784. The van der Waals surface area contributed by atoms with Crippen molar-refractivity contribution in [2.24, 2.45) is 7.05 Å². The summed E-state index contributed by atoms with van der Waals surface area (Å²) < 4.78 is 1.71. The number of anilines is 1. The second-order valence-electron chi connectivity index (χ2n) is 3.53. The molecule has 5 heteroatoms. The average Bonchev–Trinajstić information content (AvgIpc) is 2.83. The molecule has 0 bridgehead atoms. The standard InChI is InChI=1S/C11H12N4S/c1-8-10(5-12)11(15(2)14-8)13-6-9-3-4-16-7-9/h3-4,7,13H,6H2,1-2H3. The van der Waals surface area contributed by atoms with Gasteiger partial charge in [-0.15, -0.1) is 0 Å². The third-order valence-corrected chi connectivity index (χ3v) is 3.11. The van der Waals surface area contributed by atoms with Gasteiger partial charge in [0.15, 0.2) is 0 Å². The van der Waals surface area contributed by atoms with Crippen LogP contribution in [0.1, 0.15) is 16.8 Å². The second-order valence-corrected chi connectivity index (χ2v) is 4.31. The summed E-state index contributed by atoms with van der Waals surface area (Å²) in [6.45, 7) is 2.56. The molecule has 0 aromatic carbocycles. The molecule has 2 heterocycles. The molecule has 0 atom stereocenters. The number of aryl methyl sites for hydroxylation is 2. The van der Waals surface area contributed by atoms with Crippen LogP contribution in [0.3, 0.4) is 0 Å². The van der Waals surface area contributed by atoms with Crippen LogP contribution in [0.15, 0.2) is 16.8 Å². The van der Waals surface area contributed by atoms with Crippen molar-refractivity contribution in [1.29, 1.82) is 5.26 Å². The second kappa shape index (κ2) is 4.37. The molecule has 2 aromatic heterocycles. The molecule has 0 unspecified atom stereocenters. The molecule has 0 amide bonds. The van der Waals surface area contributed by atoms with Gasteiger partial charge in [0.2, 0.25) is 0 Å². The van der Waals surface area contributed by atoms with E-state index in [-0.39, 0.29) is 0 Å². The largest absolute Gasteiger partial charge is 0.365 e. The number of nitrogens with zero attached hydrogens (tertiary/aromatic N) is 3. The van der Waals surface area contributed by atoms with Gasteiger partial charge >= 0.3 is 0 Å². The van der Waals surface area contributed by atoms with E-state index in [1.54, 1.807) is 16.0 Å². The quantitative estimate of drug-likeness (QED) is 0.883. The molecule has 82 valence electrons. The van der Waals surface area contributed by atoms with E-state index in [9.17, 15) is 0 Å². The fourth-order valence-electron chi connectivity index (χ4n) is 1.57. The van der Waals surface area contributed by atoms with Crippen LogP contribution in [0.2, 0.25) is 0 Å². The predicted octanol–water partition coefficient (Wildman–Crippen LogP) is 2.27. The monoisotopic (exact) mass is 232 g/mol. The van der Waals surface area contributed by atoms with Gasteiger partial charge in [-0.25, -0.2) is 0 Å². The Balaban J connectivity index is 2.19. The van der Waals surface area contributed by atoms with Crippen molar-refractivity contribution in [3.8, 4) is 6.07 Å². The van der Waals surface area contributed by atoms with E-state index in [2.05, 4.69) is 27.9 Å². The van der Waals surface area contributed by atoms with E-state index < -0.39 is 0 Å². The number of hydrogen-bond donors (Lipinski definition) is 1. The number of thiophene rings is 1. The van der Waals surface area contributed by atoms with E-state index in [1.807, 2.05) is 19.4 Å². The summed E-state index contributed by atoms with van der Waals surface area (Å²) in [4.78, 5) is 0. The van der Waals surface area contributed by atoms with Crippen molar-refractivity contribution in [3.05, 3.63) is 33.6 Å². The Bertz CT molecular complexity index is 519. The summed E-state index contributed by atoms with van der Waals surface area (Å²) in [6.07, 6.45) is 0. The van der Waals surface area contributed by atoms with Crippen LogP contribution in [0, 0.1) is 18.3 Å². The molecule has 16 heavy (non-hydrogen) atoms. The molecule has 2 aromatic rings. The maximum Gasteiger partial charge on any atom is 0.142 e. The minimum atomic E-state index is 0.623. The Morgan fingerprint density at radius 3 is 3.06 bits per heavy atom. The molecule has 0 aliphatic carbocycles. The molecule has 0 fully saturated rings. The van der Waals surface area contributed by atoms with Crippen molar-refractivity contribution in [3.63, 3.8) is 0 Å². The summed E-state index contributed by atoms with van der Waals surface area (Å²) in [5.41, 5.74) is 2.60. The lowest BCUT2D eigenvalue weighted by Gasteiger charge is -2.05. The number of hydrogen-bond acceptors (Lipinski definition) is 4. The molecule has 0 saturated heterocycles. The lowest BCUT2D eigenvalue weighted by atomic mass is 10.2. The van der Waals surface area contributed by atoms with Crippen molar-refractivity contribution >= 4 is 17.2 Å². The Labute approximate surface area is 98.1 Å². The summed E-state index contributed by atoms with van der Waals surface area (Å²) in [5, 5.41) is 20.6. The lowest BCUT2D eigenvalue weighted by Crippen LogP contribution is -2.05. The minimum absolute atomic E-state index is 0.623. The maximum atomic E-state index is 9.03. The summed E-state index contributed by atoms with van der Waals surface area (Å²) in [6, 6.07) is 4.23. The van der Waals surface area contributed by atoms with E-state index in [4.69, 9.17) is 5.26 Å². The molecule has 1 N–H and O–H groups in total. The minimum Gasteiger partial charge on any atom is -0.365 e. The van der Waals surface area contributed by atoms with Crippen LogP contribution < -0.4 is 5.32 Å². The van der Waals surface area contributed by atoms with Crippen LogP contribution in [0.5, 0.6) is 0 Å². The molecule has 0 saturated carbocycles. The fraction of sp³-hybridized carbons (Fsp3) is 0.273. The zero-order valence-corrected chi connectivity index (χ0v) is 10.0. The molecular weight excluding hydrogens is 220 g/mol. The Kier molecular flexibility index (Phi) is 2.93. The number of rotatable bonds is 3. The fourth-order valence-corrected chi connectivity index (χ4v) is 2.24. The predicted molar refractivity (Wildman–Crippen MR) is 64.3 cm³/mol. The summed E-state index contributed by atoms with van der Waals surface area (Å²) >= 11 is 1.67. The number of nitriles is 1. The van der Waals surface area contributed by atoms with Crippen LogP contribution in [-0.2, 0) is 13.6 Å². The molecule has 0 spiro atoms. The molecule has 2 rings (SSSR count). The normalized spacial score (nSPS) is 10.1. The maximum absolute atomic E-state index is 9.03. The SMILES string of the molecule is Cc1nn(C)c(NCc2ccsc2)c1C#N. The first-order valence-electron chi connectivity index (χ1n) is 4.91. The van der Waals surface area contributed by atoms with Gasteiger partial charge in [0, 0.05) is 13.6 Å². The highest BCUT2D eigenvalue weighted by molar-refractivity contribution is 7.07. The topological polar surface area (TPSA) is 53.6 Å². The summed E-state index contributed by atoms with van der Waals surface area (Å²) in [7, 11) is 1.84. The van der Waals surface area contributed by atoms with Gasteiger partial charge in [0.05, 0.1) is 5.69 Å². The van der Waals surface area contributed by atoms with E-state index in [0.29, 0.717) is 5.56 Å². The first-order chi connectivity index (χ1) is 7.72. The van der Waals surface area contributed by atoms with Gasteiger partial charge in [-0.3, -0.25) is 4.68 Å². The first-order valence-corrected chi connectivity index (χ1v) is 5.85. The van der Waals surface area contributed by atoms with Gasteiger partial charge in [0.1, 0.15) is 17.5 Å². The van der Waals surface area contributed by atoms with Crippen LogP contribution in [0.4, 0.5) is 5.82 Å². The third-order valence-electron chi connectivity index (χ3n) is 2.37. The van der Waals surface area contributed by atoms with Gasteiger partial charge < -0.3 is 5.32 Å². The van der Waals surface area contributed by atoms with Crippen molar-refractivity contribution in [1.82, 2.24) is 9.78 Å². The highest BCUT2D eigenvalue weighted by Crippen LogP contribution is 2.18. The van der Waals surface area contributed by atoms with Crippen LogP contribution >= 0.6 is 11.3 Å². The zero-order valence-electron chi connectivity index (χ0n) is 9.19. The molecule has 0 radical (unpaired) electrons. The van der Waals surface area contributed by atoms with E-state index in [0.717, 1.165) is 18.1 Å². The van der Waals surface area contributed by atoms with Gasteiger partial charge in [-0.1, -0.05) is 0 Å². The zero-order chi connectivity index (χ0) is 11.5. The molecule has 4 nitrogen and oxygen atoms in total. The van der Waals surface area contributed by atoms with Crippen LogP contribution in [-0.4, -0.2) is 9.78 Å². The smallest absolute Gasteiger partial charge is 0.142 e. The van der Waals surface area contributed by atoms with Crippen molar-refractivity contribution < 1.29 is 0 Å². The molecule has 0 aliphatic rings. The first kappa shape index (κ1) is 10.7. The highest BCUT2D eigenvalue weighted by Gasteiger charge is 2.11. The lowest BCUT2D eigenvalue weighted by molar-refractivity contribution is 0.758. The average molecular weight is 232 g/mol. The van der Waals surface area contributed by atoms with Crippen LogP contribution in [0.25, 0.3) is 0 Å². The molecular formula is C11H12N4S.